The number of hydrogen-bond donors (Lipinski definition) is 1. The number of carbonyl (C=O) groups is 3. The Morgan fingerprint density at radius 2 is 1.77 bits per heavy atom. The number of halogens is 3. The lowest BCUT2D eigenvalue weighted by atomic mass is 9.84. The Morgan fingerprint density at radius 3 is 2.44 bits per heavy atom. The normalized spacial score (nSPS) is 19.6. The van der Waals surface area contributed by atoms with Crippen LogP contribution < -0.4 is 19.8 Å². The fraction of sp³-hybridized carbons (Fsp3) is 0.207. The summed E-state index contributed by atoms with van der Waals surface area (Å²) in [6, 6.07) is 14.4. The molecule has 1 saturated heterocycles. The number of benzene rings is 2. The highest BCUT2D eigenvalue weighted by Gasteiger charge is 2.57. The van der Waals surface area contributed by atoms with Gasteiger partial charge in [-0.2, -0.15) is 13.2 Å². The van der Waals surface area contributed by atoms with Gasteiger partial charge in [-0.25, -0.2) is 4.90 Å². The highest BCUT2D eigenvalue weighted by Crippen LogP contribution is 2.53. The maximum Gasteiger partial charge on any atom is 0.418 e. The highest BCUT2D eigenvalue weighted by atomic mass is 32.2. The van der Waals surface area contributed by atoms with E-state index in [0.717, 1.165) is 44.7 Å². The minimum atomic E-state index is -4.70. The number of aromatic nitrogens is 2. The lowest BCUT2D eigenvalue weighted by molar-refractivity contribution is -0.137. The molecule has 1 N–H and O–H groups in total. The zero-order chi connectivity index (χ0) is 30.5. The molecule has 2 aromatic carbocycles. The van der Waals surface area contributed by atoms with Gasteiger partial charge >= 0.3 is 11.0 Å². The summed E-state index contributed by atoms with van der Waals surface area (Å²) in [6.07, 6.45) is -1.58. The van der Waals surface area contributed by atoms with Gasteiger partial charge in [0.15, 0.2) is 0 Å². The minimum Gasteiger partial charge on any atom is -0.497 e. The first kappa shape index (κ1) is 28.7. The molecule has 0 saturated carbocycles. The molecule has 1 fully saturated rings. The maximum absolute atomic E-state index is 13.9. The van der Waals surface area contributed by atoms with E-state index in [0.29, 0.717) is 26.9 Å². The Hall–Kier alpha value is -4.43. The molecule has 4 aromatic rings. The van der Waals surface area contributed by atoms with Crippen LogP contribution in [0.2, 0.25) is 0 Å². The van der Waals surface area contributed by atoms with Crippen molar-refractivity contribution in [2.75, 3.05) is 17.3 Å². The van der Waals surface area contributed by atoms with Gasteiger partial charge in [0.2, 0.25) is 17.7 Å². The number of nitrogens with zero attached hydrogens (tertiary/aromatic N) is 3. The molecule has 3 atom stereocenters. The Labute approximate surface area is 250 Å². The summed E-state index contributed by atoms with van der Waals surface area (Å²) < 4.78 is 46.7. The molecular weight excluding hydrogens is 605 g/mol. The minimum absolute atomic E-state index is 0.307. The van der Waals surface area contributed by atoms with Gasteiger partial charge in [0.25, 0.3) is 0 Å². The number of imide groups is 1. The predicted molar refractivity (Wildman–Crippen MR) is 153 cm³/mol. The molecule has 43 heavy (non-hydrogen) atoms. The van der Waals surface area contributed by atoms with Crippen LogP contribution in [0.5, 0.6) is 5.75 Å². The molecule has 0 aliphatic carbocycles. The number of fused-ring (bicyclic) bond motifs is 2. The number of alkyl halides is 3. The van der Waals surface area contributed by atoms with Crippen molar-refractivity contribution in [2.45, 2.75) is 28.9 Å². The van der Waals surface area contributed by atoms with Gasteiger partial charge in [0, 0.05) is 23.2 Å². The number of nitrogens with one attached hydrogen (secondary N) is 1. The average molecular weight is 627 g/mol. The van der Waals surface area contributed by atoms with E-state index in [9.17, 15) is 32.3 Å². The summed E-state index contributed by atoms with van der Waals surface area (Å²) in [4.78, 5) is 59.1. The van der Waals surface area contributed by atoms with Crippen molar-refractivity contribution in [1.29, 1.82) is 0 Å². The quantitative estimate of drug-likeness (QED) is 0.307. The van der Waals surface area contributed by atoms with Crippen LogP contribution >= 0.6 is 23.1 Å². The SMILES string of the molecule is COc1ccc(N2C(=O)[C@H]3[C@H](c4cccnc4)c4sc(=O)n(CC(=O)Nc5ccccc5C(F)(F)F)c4S[C@H]3C2=O)cc1. The topological polar surface area (TPSA) is 111 Å². The summed E-state index contributed by atoms with van der Waals surface area (Å²) >= 11 is 1.83. The van der Waals surface area contributed by atoms with Gasteiger partial charge in [-0.05, 0) is 48.0 Å². The van der Waals surface area contributed by atoms with Crippen molar-refractivity contribution in [3.63, 3.8) is 0 Å². The number of para-hydroxylation sites is 1. The molecule has 0 unspecified atom stereocenters. The lowest BCUT2D eigenvalue weighted by Crippen LogP contribution is -2.33. The van der Waals surface area contributed by atoms with Crippen molar-refractivity contribution in [3.8, 4) is 5.75 Å². The van der Waals surface area contributed by atoms with Gasteiger partial charge in [-0.15, -0.1) is 0 Å². The number of ether oxygens (including phenoxy) is 1. The van der Waals surface area contributed by atoms with Crippen molar-refractivity contribution in [1.82, 2.24) is 9.55 Å². The fourth-order valence-electron chi connectivity index (χ4n) is 5.33. The van der Waals surface area contributed by atoms with E-state index in [-0.39, 0.29) is 0 Å². The van der Waals surface area contributed by atoms with Crippen LogP contribution in [0.3, 0.4) is 0 Å². The summed E-state index contributed by atoms with van der Waals surface area (Å²) in [5, 5.41) is 1.64. The van der Waals surface area contributed by atoms with Gasteiger partial charge in [-0.1, -0.05) is 41.3 Å². The average Bonchev–Trinajstić information content (AvgIpc) is 3.43. The smallest absolute Gasteiger partial charge is 0.418 e. The van der Waals surface area contributed by atoms with Gasteiger partial charge in [0.05, 0.1) is 35.0 Å². The second-order valence-corrected chi connectivity index (χ2v) is 11.9. The molecule has 0 spiro atoms. The highest BCUT2D eigenvalue weighted by molar-refractivity contribution is 8.00. The first-order chi connectivity index (χ1) is 20.6. The Morgan fingerprint density at radius 1 is 1.02 bits per heavy atom. The molecule has 9 nitrogen and oxygen atoms in total. The number of hydrogen-bond acceptors (Lipinski definition) is 8. The summed E-state index contributed by atoms with van der Waals surface area (Å²) in [6.45, 7) is -0.592. The molecule has 2 aromatic heterocycles. The van der Waals surface area contributed by atoms with E-state index < -0.39 is 63.7 Å². The van der Waals surface area contributed by atoms with Crippen molar-refractivity contribution in [3.05, 3.63) is 98.7 Å². The molecule has 0 radical (unpaired) electrons. The van der Waals surface area contributed by atoms with Crippen LogP contribution in [0.4, 0.5) is 24.5 Å². The molecule has 3 amide bonds. The van der Waals surface area contributed by atoms with E-state index in [1.165, 1.54) is 19.2 Å². The number of carbonyl (C=O) groups excluding carboxylic acids is 3. The second kappa shape index (κ2) is 11.0. The molecule has 0 bridgehead atoms. The maximum atomic E-state index is 13.9. The van der Waals surface area contributed by atoms with E-state index in [4.69, 9.17) is 4.74 Å². The van der Waals surface area contributed by atoms with E-state index >= 15 is 0 Å². The summed E-state index contributed by atoms with van der Waals surface area (Å²) in [7, 11) is 1.50. The molecular formula is C29H21F3N4O5S2. The Kier molecular flexibility index (Phi) is 7.34. The van der Waals surface area contributed by atoms with Gasteiger partial charge in [-0.3, -0.25) is 28.7 Å². The zero-order valence-corrected chi connectivity index (χ0v) is 23.8. The molecule has 14 heteroatoms. The van der Waals surface area contributed by atoms with Crippen LogP contribution in [-0.2, 0) is 27.1 Å². The third-order valence-electron chi connectivity index (χ3n) is 7.23. The first-order valence-electron chi connectivity index (χ1n) is 12.9. The number of amides is 3. The second-order valence-electron chi connectivity index (χ2n) is 9.75. The van der Waals surface area contributed by atoms with Crippen molar-refractivity contribution in [2.24, 2.45) is 5.92 Å². The van der Waals surface area contributed by atoms with Crippen LogP contribution in [0, 0.1) is 5.92 Å². The van der Waals surface area contributed by atoms with Crippen molar-refractivity contribution >= 4 is 52.2 Å². The number of rotatable bonds is 6. The molecule has 2 aliphatic heterocycles. The third kappa shape index (κ3) is 5.10. The standard InChI is InChI=1S/C29H21F3N4O5S2/c1-41-17-10-8-16(9-11-17)36-25(38)22-21(15-5-4-12-33-13-15)24-27(42-23(22)26(36)39)35(28(40)43-24)14-20(37)34-19-7-3-2-6-18(19)29(30,31)32/h2-13,21-23H,14H2,1H3,(H,34,37)/t21-,22-,23+/m0/s1. The number of thiazole rings is 1. The summed E-state index contributed by atoms with van der Waals surface area (Å²) in [5.74, 6) is -2.82. The molecule has 220 valence electrons. The molecule has 6 rings (SSSR count). The Balaban J connectivity index is 1.38. The number of pyridine rings is 1. The zero-order valence-electron chi connectivity index (χ0n) is 22.2. The monoisotopic (exact) mass is 626 g/mol. The lowest BCUT2D eigenvalue weighted by Gasteiger charge is -2.30. The number of thioether (sulfide) groups is 1. The van der Waals surface area contributed by atoms with Crippen molar-refractivity contribution < 1.29 is 32.3 Å². The first-order valence-corrected chi connectivity index (χ1v) is 14.6. The van der Waals surface area contributed by atoms with E-state index in [2.05, 4.69) is 10.3 Å². The third-order valence-corrected chi connectivity index (χ3v) is 9.84. The Bertz CT molecular complexity index is 1790. The molecule has 2 aliphatic rings. The van der Waals surface area contributed by atoms with Crippen LogP contribution in [0.25, 0.3) is 0 Å². The number of anilines is 2. The fourth-order valence-corrected chi connectivity index (χ4v) is 8.11. The summed E-state index contributed by atoms with van der Waals surface area (Å²) in [5.41, 5.74) is -0.497. The van der Waals surface area contributed by atoms with Gasteiger partial charge < -0.3 is 10.1 Å². The van der Waals surface area contributed by atoms with Crippen LogP contribution in [-0.4, -0.2) is 39.6 Å². The predicted octanol–water partition coefficient (Wildman–Crippen LogP) is 4.77. The van der Waals surface area contributed by atoms with Crippen LogP contribution in [0.1, 0.15) is 21.9 Å². The molecule has 4 heterocycles. The van der Waals surface area contributed by atoms with Crippen LogP contribution in [0.15, 0.2) is 82.9 Å². The number of methoxy groups -OCH3 is 1. The van der Waals surface area contributed by atoms with E-state index in [1.54, 1.807) is 48.8 Å². The van der Waals surface area contributed by atoms with E-state index in [1.807, 2.05) is 0 Å². The largest absolute Gasteiger partial charge is 0.497 e. The van der Waals surface area contributed by atoms with Gasteiger partial charge in [0.1, 0.15) is 17.5 Å².